The van der Waals surface area contributed by atoms with Crippen molar-refractivity contribution in [3.63, 3.8) is 0 Å². The highest BCUT2D eigenvalue weighted by Gasteiger charge is 2.11. The van der Waals surface area contributed by atoms with Crippen molar-refractivity contribution in [2.45, 2.75) is 39.5 Å². The first-order chi connectivity index (χ1) is 5.22. The third-order valence-corrected chi connectivity index (χ3v) is 1.95. The van der Waals surface area contributed by atoms with Gasteiger partial charge in [-0.05, 0) is 13.3 Å². The highest BCUT2D eigenvalue weighted by Crippen LogP contribution is 2.09. The molecule has 0 aliphatic rings. The quantitative estimate of drug-likeness (QED) is 0.598. The monoisotopic (exact) mass is 158 g/mol. The minimum Gasteiger partial charge on any atom is -0.396 e. The predicted octanol–water partition coefficient (Wildman–Crippen LogP) is 1.76. The van der Waals surface area contributed by atoms with Crippen LogP contribution in [-0.2, 0) is 4.79 Å². The summed E-state index contributed by atoms with van der Waals surface area (Å²) in [6.07, 6.45) is 4.22. The van der Waals surface area contributed by atoms with E-state index in [1.165, 1.54) is 0 Å². The smallest absolute Gasteiger partial charge is 0.135 e. The zero-order chi connectivity index (χ0) is 8.69. The van der Waals surface area contributed by atoms with Gasteiger partial charge in [-0.2, -0.15) is 0 Å². The first kappa shape index (κ1) is 10.6. The van der Waals surface area contributed by atoms with E-state index >= 15 is 0 Å². The molecule has 0 radical (unpaired) electrons. The molecule has 11 heavy (non-hydrogen) atoms. The van der Waals surface area contributed by atoms with Gasteiger partial charge in [0.25, 0.3) is 0 Å². The Morgan fingerprint density at radius 1 is 1.45 bits per heavy atom. The second kappa shape index (κ2) is 6.35. The number of Topliss-reactive ketones (excluding diaryl/α,β-unsaturated/α-hetero) is 1. The summed E-state index contributed by atoms with van der Waals surface area (Å²) in [7, 11) is 0. The number of aliphatic hydroxyl groups is 1. The number of aliphatic hydroxyl groups excluding tert-OH is 1. The molecule has 0 aromatic carbocycles. The zero-order valence-corrected chi connectivity index (χ0v) is 7.47. The topological polar surface area (TPSA) is 37.3 Å². The maximum absolute atomic E-state index is 10.8. The van der Waals surface area contributed by atoms with Gasteiger partial charge >= 0.3 is 0 Å². The van der Waals surface area contributed by atoms with Gasteiger partial charge in [-0.3, -0.25) is 4.79 Å². The standard InChI is InChI=1S/C9H18O2/c1-3-4-5-6-9(7-10)8(2)11/h9-10H,3-7H2,1-2H3. The van der Waals surface area contributed by atoms with Crippen LogP contribution in [0.25, 0.3) is 0 Å². The predicted molar refractivity (Wildman–Crippen MR) is 45.4 cm³/mol. The van der Waals surface area contributed by atoms with Crippen LogP contribution < -0.4 is 0 Å². The Kier molecular flexibility index (Phi) is 6.13. The molecule has 0 saturated carbocycles. The van der Waals surface area contributed by atoms with E-state index in [1.54, 1.807) is 6.92 Å². The van der Waals surface area contributed by atoms with Gasteiger partial charge in [-0.15, -0.1) is 0 Å². The first-order valence-corrected chi connectivity index (χ1v) is 4.33. The molecule has 1 atom stereocenters. The van der Waals surface area contributed by atoms with E-state index in [1.807, 2.05) is 0 Å². The molecule has 0 fully saturated rings. The maximum atomic E-state index is 10.8. The van der Waals surface area contributed by atoms with E-state index in [9.17, 15) is 4.79 Å². The number of carbonyl (C=O) groups excluding carboxylic acids is 1. The third kappa shape index (κ3) is 4.96. The van der Waals surface area contributed by atoms with Crippen molar-refractivity contribution in [1.29, 1.82) is 0 Å². The normalized spacial score (nSPS) is 13.0. The van der Waals surface area contributed by atoms with E-state index < -0.39 is 0 Å². The van der Waals surface area contributed by atoms with Crippen LogP contribution in [0.15, 0.2) is 0 Å². The fraction of sp³-hybridized carbons (Fsp3) is 0.889. The lowest BCUT2D eigenvalue weighted by Crippen LogP contribution is -2.14. The average molecular weight is 158 g/mol. The van der Waals surface area contributed by atoms with Crippen LogP contribution >= 0.6 is 0 Å². The van der Waals surface area contributed by atoms with Crippen LogP contribution in [0.3, 0.4) is 0 Å². The van der Waals surface area contributed by atoms with Gasteiger partial charge in [-0.1, -0.05) is 26.2 Å². The molecule has 0 spiro atoms. The van der Waals surface area contributed by atoms with Crippen LogP contribution in [0.2, 0.25) is 0 Å². The second-order valence-electron chi connectivity index (χ2n) is 2.99. The highest BCUT2D eigenvalue weighted by atomic mass is 16.3. The summed E-state index contributed by atoms with van der Waals surface area (Å²) >= 11 is 0. The third-order valence-electron chi connectivity index (χ3n) is 1.95. The number of carbonyl (C=O) groups is 1. The average Bonchev–Trinajstić information content (AvgIpc) is 1.97. The fourth-order valence-electron chi connectivity index (χ4n) is 1.06. The zero-order valence-electron chi connectivity index (χ0n) is 7.47. The first-order valence-electron chi connectivity index (χ1n) is 4.33. The lowest BCUT2D eigenvalue weighted by atomic mass is 9.99. The van der Waals surface area contributed by atoms with Crippen molar-refractivity contribution in [2.75, 3.05) is 6.61 Å². The summed E-state index contributed by atoms with van der Waals surface area (Å²) < 4.78 is 0. The van der Waals surface area contributed by atoms with Crippen LogP contribution in [0, 0.1) is 5.92 Å². The molecular formula is C9H18O2. The molecule has 0 aliphatic carbocycles. The van der Waals surface area contributed by atoms with E-state index in [0.717, 1.165) is 25.7 Å². The molecular weight excluding hydrogens is 140 g/mol. The Hall–Kier alpha value is -0.370. The summed E-state index contributed by atoms with van der Waals surface area (Å²) in [5, 5.41) is 8.77. The number of rotatable bonds is 6. The van der Waals surface area contributed by atoms with E-state index in [2.05, 4.69) is 6.92 Å². The molecule has 0 aromatic heterocycles. The van der Waals surface area contributed by atoms with Gasteiger partial charge in [0.05, 0.1) is 6.61 Å². The molecule has 66 valence electrons. The Labute approximate surface area is 68.6 Å². The Bertz CT molecular complexity index is 110. The summed E-state index contributed by atoms with van der Waals surface area (Å²) in [6.45, 7) is 3.69. The largest absolute Gasteiger partial charge is 0.396 e. The number of hydrogen-bond acceptors (Lipinski definition) is 2. The van der Waals surface area contributed by atoms with E-state index in [0.29, 0.717) is 0 Å². The SMILES string of the molecule is CCCCCC(CO)C(C)=O. The van der Waals surface area contributed by atoms with Gasteiger partial charge in [-0.25, -0.2) is 0 Å². The molecule has 1 N–H and O–H groups in total. The van der Waals surface area contributed by atoms with Crippen molar-refractivity contribution in [3.05, 3.63) is 0 Å². The second-order valence-corrected chi connectivity index (χ2v) is 2.99. The van der Waals surface area contributed by atoms with Crippen molar-refractivity contribution >= 4 is 5.78 Å². The molecule has 1 unspecified atom stereocenters. The van der Waals surface area contributed by atoms with Crippen molar-refractivity contribution < 1.29 is 9.90 Å². The molecule has 0 rings (SSSR count). The molecule has 0 aromatic rings. The van der Waals surface area contributed by atoms with Crippen LogP contribution in [0.1, 0.15) is 39.5 Å². The van der Waals surface area contributed by atoms with Crippen molar-refractivity contribution in [1.82, 2.24) is 0 Å². The summed E-state index contributed by atoms with van der Waals surface area (Å²) in [5.41, 5.74) is 0. The van der Waals surface area contributed by atoms with Gasteiger partial charge < -0.3 is 5.11 Å². The van der Waals surface area contributed by atoms with E-state index in [4.69, 9.17) is 5.11 Å². The molecule has 2 nitrogen and oxygen atoms in total. The van der Waals surface area contributed by atoms with Gasteiger partial charge in [0.1, 0.15) is 5.78 Å². The number of ketones is 1. The Morgan fingerprint density at radius 3 is 2.45 bits per heavy atom. The molecule has 0 heterocycles. The summed E-state index contributed by atoms with van der Waals surface area (Å²) in [6, 6.07) is 0. The minimum atomic E-state index is -0.110. The molecule has 0 aliphatic heterocycles. The lowest BCUT2D eigenvalue weighted by molar-refractivity contribution is -0.122. The molecule has 0 amide bonds. The molecule has 0 saturated heterocycles. The minimum absolute atomic E-state index is 0.0129. The summed E-state index contributed by atoms with van der Waals surface area (Å²) in [5.74, 6) is 0.00477. The summed E-state index contributed by atoms with van der Waals surface area (Å²) in [4.78, 5) is 10.8. The van der Waals surface area contributed by atoms with E-state index in [-0.39, 0.29) is 18.3 Å². The highest BCUT2D eigenvalue weighted by molar-refractivity contribution is 5.78. The van der Waals surface area contributed by atoms with Crippen LogP contribution in [0.4, 0.5) is 0 Å². The van der Waals surface area contributed by atoms with Crippen LogP contribution in [0.5, 0.6) is 0 Å². The van der Waals surface area contributed by atoms with Gasteiger partial charge in [0, 0.05) is 5.92 Å². The Morgan fingerprint density at radius 2 is 2.09 bits per heavy atom. The Balaban J connectivity index is 3.44. The maximum Gasteiger partial charge on any atom is 0.135 e. The number of unbranched alkanes of at least 4 members (excludes halogenated alkanes) is 2. The lowest BCUT2D eigenvalue weighted by Gasteiger charge is -2.08. The van der Waals surface area contributed by atoms with Gasteiger partial charge in [0.15, 0.2) is 0 Å². The fourth-order valence-corrected chi connectivity index (χ4v) is 1.06. The molecule has 0 bridgehead atoms. The molecule has 2 heteroatoms. The van der Waals surface area contributed by atoms with Crippen molar-refractivity contribution in [2.24, 2.45) is 5.92 Å². The van der Waals surface area contributed by atoms with Crippen molar-refractivity contribution in [3.8, 4) is 0 Å². The number of hydrogen-bond donors (Lipinski definition) is 1. The van der Waals surface area contributed by atoms with Gasteiger partial charge in [0.2, 0.25) is 0 Å². The van der Waals surface area contributed by atoms with Crippen LogP contribution in [-0.4, -0.2) is 17.5 Å².